The summed E-state index contributed by atoms with van der Waals surface area (Å²) in [4.78, 5) is 0. The molecular weight excluding hydrogens is 556 g/mol. The SMILES string of the molecule is COCCOC(c1ccccc1)(c1ccccc1)c1ccccc1.O.OC(c1ccccc1)(c1ccccc1)c1ccccc1. The maximum absolute atomic E-state index is 11.4. The zero-order valence-electron chi connectivity index (χ0n) is 25.5. The van der Waals surface area contributed by atoms with Crippen LogP contribution < -0.4 is 0 Å². The molecule has 3 N–H and O–H groups in total. The molecule has 4 nitrogen and oxygen atoms in total. The number of aliphatic hydroxyl groups is 1. The minimum Gasteiger partial charge on any atom is -0.412 e. The summed E-state index contributed by atoms with van der Waals surface area (Å²) in [5.74, 6) is 0. The summed E-state index contributed by atoms with van der Waals surface area (Å²) in [6.07, 6.45) is 0. The molecule has 0 heterocycles. The van der Waals surface area contributed by atoms with Gasteiger partial charge in [0.15, 0.2) is 0 Å². The first-order valence-corrected chi connectivity index (χ1v) is 14.9. The van der Waals surface area contributed by atoms with Crippen LogP contribution >= 0.6 is 0 Å². The van der Waals surface area contributed by atoms with E-state index < -0.39 is 11.2 Å². The Labute approximate surface area is 266 Å². The predicted molar refractivity (Wildman–Crippen MR) is 182 cm³/mol. The van der Waals surface area contributed by atoms with Gasteiger partial charge in [0.1, 0.15) is 11.2 Å². The number of ether oxygens (including phenoxy) is 2. The Balaban J connectivity index is 0.000000203. The zero-order valence-corrected chi connectivity index (χ0v) is 25.5. The average molecular weight is 597 g/mol. The van der Waals surface area contributed by atoms with Crippen LogP contribution in [0.1, 0.15) is 33.4 Å². The molecule has 0 aliphatic heterocycles. The van der Waals surface area contributed by atoms with Gasteiger partial charge in [-0.15, -0.1) is 0 Å². The maximum atomic E-state index is 11.4. The van der Waals surface area contributed by atoms with E-state index in [1.54, 1.807) is 7.11 Å². The van der Waals surface area contributed by atoms with Gasteiger partial charge >= 0.3 is 0 Å². The van der Waals surface area contributed by atoms with Crippen molar-refractivity contribution < 1.29 is 20.1 Å². The molecule has 228 valence electrons. The van der Waals surface area contributed by atoms with E-state index in [-0.39, 0.29) is 5.48 Å². The topological polar surface area (TPSA) is 70.2 Å². The molecular formula is C41H40O4. The van der Waals surface area contributed by atoms with Gasteiger partial charge in [-0.2, -0.15) is 0 Å². The summed E-state index contributed by atoms with van der Waals surface area (Å²) >= 11 is 0. The van der Waals surface area contributed by atoms with Crippen LogP contribution in [0.5, 0.6) is 0 Å². The molecule has 6 aromatic rings. The number of benzene rings is 6. The summed E-state index contributed by atoms with van der Waals surface area (Å²) < 4.78 is 11.7. The molecule has 0 saturated carbocycles. The lowest BCUT2D eigenvalue weighted by molar-refractivity contribution is -0.0148. The standard InChI is InChI=1S/C22H22O2.C19H16O.H2O/c1-23-17-18-24-22(19-11-5-2-6-12-19,20-13-7-3-8-14-20)21-15-9-4-10-16-21;20-19(16-10-4-1-5-11-16,17-12-6-2-7-13-17)18-14-8-3-9-15-18;/h2-16H,17-18H2,1H3;1-15,20H;1H2. The summed E-state index contributed by atoms with van der Waals surface area (Å²) in [6.45, 7) is 1.06. The Hall–Kier alpha value is -4.84. The molecule has 45 heavy (non-hydrogen) atoms. The van der Waals surface area contributed by atoms with E-state index in [2.05, 4.69) is 72.8 Å². The highest BCUT2D eigenvalue weighted by molar-refractivity contribution is 5.48. The first kappa shape index (κ1) is 33.1. The number of methoxy groups -OCH3 is 1. The molecule has 0 bridgehead atoms. The van der Waals surface area contributed by atoms with Crippen LogP contribution in [-0.2, 0) is 20.7 Å². The van der Waals surface area contributed by atoms with Crippen LogP contribution in [0.25, 0.3) is 0 Å². The molecule has 0 radical (unpaired) electrons. The predicted octanol–water partition coefficient (Wildman–Crippen LogP) is 7.79. The van der Waals surface area contributed by atoms with Gasteiger partial charge < -0.3 is 20.1 Å². The number of rotatable bonds is 10. The van der Waals surface area contributed by atoms with E-state index in [0.717, 1.165) is 33.4 Å². The van der Waals surface area contributed by atoms with Crippen molar-refractivity contribution in [2.45, 2.75) is 11.2 Å². The van der Waals surface area contributed by atoms with Crippen molar-refractivity contribution in [3.63, 3.8) is 0 Å². The second-order valence-corrected chi connectivity index (χ2v) is 10.4. The molecule has 0 spiro atoms. The van der Waals surface area contributed by atoms with Gasteiger partial charge in [0, 0.05) is 7.11 Å². The second-order valence-electron chi connectivity index (χ2n) is 10.4. The molecule has 0 fully saturated rings. The van der Waals surface area contributed by atoms with Crippen LogP contribution in [0.4, 0.5) is 0 Å². The number of hydrogen-bond donors (Lipinski definition) is 1. The third kappa shape index (κ3) is 7.46. The highest BCUT2D eigenvalue weighted by Crippen LogP contribution is 2.40. The van der Waals surface area contributed by atoms with E-state index in [1.807, 2.05) is 109 Å². The van der Waals surface area contributed by atoms with Gasteiger partial charge in [0.25, 0.3) is 0 Å². The smallest absolute Gasteiger partial charge is 0.143 e. The monoisotopic (exact) mass is 596 g/mol. The Morgan fingerprint density at radius 1 is 0.400 bits per heavy atom. The van der Waals surface area contributed by atoms with Crippen LogP contribution in [0, 0.1) is 0 Å². The fourth-order valence-corrected chi connectivity index (χ4v) is 5.58. The molecule has 0 unspecified atom stereocenters. The first-order chi connectivity index (χ1) is 21.7. The van der Waals surface area contributed by atoms with Crippen molar-refractivity contribution in [3.8, 4) is 0 Å². The normalized spacial score (nSPS) is 11.1. The zero-order chi connectivity index (χ0) is 30.5. The first-order valence-electron chi connectivity index (χ1n) is 14.9. The molecule has 0 atom stereocenters. The summed E-state index contributed by atoms with van der Waals surface area (Å²) in [7, 11) is 1.69. The molecule has 0 aliphatic rings. The van der Waals surface area contributed by atoms with Gasteiger partial charge in [0.05, 0.1) is 13.2 Å². The van der Waals surface area contributed by atoms with Gasteiger partial charge in [-0.1, -0.05) is 182 Å². The lowest BCUT2D eigenvalue weighted by Crippen LogP contribution is -2.34. The van der Waals surface area contributed by atoms with Crippen LogP contribution in [-0.4, -0.2) is 30.9 Å². The molecule has 0 saturated heterocycles. The Morgan fingerprint density at radius 3 is 0.889 bits per heavy atom. The average Bonchev–Trinajstić information content (AvgIpc) is 3.12. The van der Waals surface area contributed by atoms with Gasteiger partial charge in [-0.3, -0.25) is 0 Å². The Kier molecular flexibility index (Phi) is 12.0. The van der Waals surface area contributed by atoms with E-state index >= 15 is 0 Å². The van der Waals surface area contributed by atoms with E-state index in [4.69, 9.17) is 9.47 Å². The largest absolute Gasteiger partial charge is 0.412 e. The van der Waals surface area contributed by atoms with Crippen molar-refractivity contribution in [2.24, 2.45) is 0 Å². The molecule has 0 amide bonds. The Morgan fingerprint density at radius 2 is 0.644 bits per heavy atom. The molecule has 0 aliphatic carbocycles. The minimum absolute atomic E-state index is 0. The third-order valence-electron chi connectivity index (χ3n) is 7.72. The van der Waals surface area contributed by atoms with Crippen LogP contribution in [0.2, 0.25) is 0 Å². The minimum atomic E-state index is -1.12. The molecule has 6 aromatic carbocycles. The van der Waals surface area contributed by atoms with Crippen molar-refractivity contribution >= 4 is 0 Å². The van der Waals surface area contributed by atoms with Crippen LogP contribution in [0.15, 0.2) is 182 Å². The fourth-order valence-electron chi connectivity index (χ4n) is 5.58. The molecule has 4 heteroatoms. The molecule has 0 aromatic heterocycles. The van der Waals surface area contributed by atoms with E-state index in [9.17, 15) is 5.11 Å². The van der Waals surface area contributed by atoms with Crippen molar-refractivity contribution in [1.29, 1.82) is 0 Å². The summed E-state index contributed by atoms with van der Waals surface area (Å²) in [5, 5.41) is 11.4. The van der Waals surface area contributed by atoms with E-state index in [1.165, 1.54) is 0 Å². The second kappa shape index (κ2) is 16.3. The van der Waals surface area contributed by atoms with Crippen LogP contribution in [0.3, 0.4) is 0 Å². The number of hydrogen-bond acceptors (Lipinski definition) is 3. The van der Waals surface area contributed by atoms with Gasteiger partial charge in [0.2, 0.25) is 0 Å². The quantitative estimate of drug-likeness (QED) is 0.130. The molecule has 6 rings (SSSR count). The maximum Gasteiger partial charge on any atom is 0.143 e. The summed E-state index contributed by atoms with van der Waals surface area (Å²) in [5.41, 5.74) is 4.18. The van der Waals surface area contributed by atoms with Gasteiger partial charge in [-0.05, 0) is 33.4 Å². The summed E-state index contributed by atoms with van der Waals surface area (Å²) in [6, 6.07) is 60.4. The Bertz CT molecular complexity index is 1450. The van der Waals surface area contributed by atoms with Crippen molar-refractivity contribution in [3.05, 3.63) is 215 Å². The van der Waals surface area contributed by atoms with Crippen molar-refractivity contribution in [1.82, 2.24) is 0 Å². The van der Waals surface area contributed by atoms with Gasteiger partial charge in [-0.25, -0.2) is 0 Å². The fraction of sp³-hybridized carbons (Fsp3) is 0.122. The lowest BCUT2D eigenvalue weighted by atomic mass is 9.80. The van der Waals surface area contributed by atoms with E-state index in [0.29, 0.717) is 13.2 Å². The lowest BCUT2D eigenvalue weighted by Gasteiger charge is -2.35. The third-order valence-corrected chi connectivity index (χ3v) is 7.72. The highest BCUT2D eigenvalue weighted by Gasteiger charge is 2.37. The van der Waals surface area contributed by atoms with Crippen molar-refractivity contribution in [2.75, 3.05) is 20.3 Å². The highest BCUT2D eigenvalue weighted by atomic mass is 16.5.